The summed E-state index contributed by atoms with van der Waals surface area (Å²) in [6, 6.07) is 51.4. The summed E-state index contributed by atoms with van der Waals surface area (Å²) in [5.41, 5.74) is 8.94. The van der Waals surface area contributed by atoms with E-state index in [0.717, 1.165) is 32.9 Å². The highest BCUT2D eigenvalue weighted by atomic mass is 32.1. The molecule has 0 saturated carbocycles. The first kappa shape index (κ1) is 26.7. The van der Waals surface area contributed by atoms with Crippen molar-refractivity contribution in [3.05, 3.63) is 151 Å². The van der Waals surface area contributed by atoms with Crippen molar-refractivity contribution < 1.29 is 0 Å². The molecule has 0 saturated heterocycles. The fraction of sp³-hybridized carbons (Fsp3) is 0. The molecule has 0 bridgehead atoms. The first-order valence-electron chi connectivity index (χ1n) is 16.4. The molecule has 228 valence electrons. The zero-order valence-electron chi connectivity index (χ0n) is 26.1. The Balaban J connectivity index is 1.13. The van der Waals surface area contributed by atoms with Gasteiger partial charge in [-0.3, -0.25) is 8.97 Å². The van der Waals surface area contributed by atoms with E-state index in [1.165, 1.54) is 48.5 Å². The van der Waals surface area contributed by atoms with Crippen molar-refractivity contribution in [1.29, 1.82) is 0 Å². The fourth-order valence-corrected chi connectivity index (χ4v) is 8.55. The molecule has 11 rings (SSSR count). The largest absolute Gasteiger partial charge is 0.300 e. The van der Waals surface area contributed by atoms with Crippen LogP contribution in [0.4, 0.5) is 0 Å². The molecule has 0 unspecified atom stereocenters. The maximum absolute atomic E-state index is 5.08. The van der Waals surface area contributed by atoms with Crippen molar-refractivity contribution in [1.82, 2.24) is 23.9 Å². The SMILES string of the molecule is c1ccc(-c2nc(-c3ccccc3)nc(-n3c4ccccc4c4cc(-c5ccc6c(c5)c5cccc7c8ccsc8n6c57)ccc43)n2)cc1. The molecule has 0 N–H and O–H groups in total. The number of thiophene rings is 1. The van der Waals surface area contributed by atoms with Crippen molar-refractivity contribution in [2.75, 3.05) is 0 Å². The van der Waals surface area contributed by atoms with E-state index < -0.39 is 0 Å². The third-order valence-electron chi connectivity index (χ3n) is 9.82. The van der Waals surface area contributed by atoms with E-state index in [9.17, 15) is 0 Å². The van der Waals surface area contributed by atoms with Crippen LogP contribution in [0.5, 0.6) is 0 Å². The number of hydrogen-bond acceptors (Lipinski definition) is 4. The van der Waals surface area contributed by atoms with Crippen LogP contribution >= 0.6 is 11.3 Å². The van der Waals surface area contributed by atoms with Gasteiger partial charge in [0.15, 0.2) is 11.6 Å². The van der Waals surface area contributed by atoms with E-state index in [4.69, 9.17) is 15.0 Å². The number of fused-ring (bicyclic) bond motifs is 9. The highest BCUT2D eigenvalue weighted by molar-refractivity contribution is 7.17. The summed E-state index contributed by atoms with van der Waals surface area (Å²) >= 11 is 1.81. The number of rotatable bonds is 4. The van der Waals surface area contributed by atoms with E-state index >= 15 is 0 Å². The van der Waals surface area contributed by atoms with Crippen LogP contribution in [0.2, 0.25) is 0 Å². The Bertz CT molecular complexity index is 2990. The second kappa shape index (κ2) is 10.1. The Morgan fingerprint density at radius 1 is 0.408 bits per heavy atom. The molecule has 5 heterocycles. The van der Waals surface area contributed by atoms with Gasteiger partial charge in [-0.1, -0.05) is 109 Å². The van der Waals surface area contributed by atoms with Crippen LogP contribution in [0, 0.1) is 0 Å². The smallest absolute Gasteiger partial charge is 0.238 e. The third-order valence-corrected chi connectivity index (χ3v) is 10.7. The number of para-hydroxylation sites is 2. The lowest BCUT2D eigenvalue weighted by molar-refractivity contribution is 0.953. The molecule has 5 nitrogen and oxygen atoms in total. The molecule has 6 heteroatoms. The average molecular weight is 644 g/mol. The van der Waals surface area contributed by atoms with E-state index in [-0.39, 0.29) is 0 Å². The van der Waals surface area contributed by atoms with Crippen LogP contribution in [-0.2, 0) is 0 Å². The van der Waals surface area contributed by atoms with Gasteiger partial charge < -0.3 is 0 Å². The minimum absolute atomic E-state index is 0.596. The van der Waals surface area contributed by atoms with Gasteiger partial charge >= 0.3 is 0 Å². The lowest BCUT2D eigenvalue weighted by atomic mass is 10.00. The molecule has 0 aliphatic rings. The molecule has 0 aliphatic carbocycles. The van der Waals surface area contributed by atoms with Crippen LogP contribution in [0.1, 0.15) is 0 Å². The second-order valence-electron chi connectivity index (χ2n) is 12.5. The van der Waals surface area contributed by atoms with E-state index in [2.05, 4.69) is 99.3 Å². The summed E-state index contributed by atoms with van der Waals surface area (Å²) in [6.07, 6.45) is 0. The van der Waals surface area contributed by atoms with E-state index in [1.807, 2.05) is 72.0 Å². The average Bonchev–Trinajstić information content (AvgIpc) is 3.93. The predicted octanol–water partition coefficient (Wildman–Crippen LogP) is 11.2. The molecule has 0 spiro atoms. The van der Waals surface area contributed by atoms with E-state index in [1.54, 1.807) is 0 Å². The minimum Gasteiger partial charge on any atom is -0.300 e. The molecule has 5 aromatic heterocycles. The van der Waals surface area contributed by atoms with Crippen molar-refractivity contribution in [2.24, 2.45) is 0 Å². The molecule has 49 heavy (non-hydrogen) atoms. The zero-order valence-corrected chi connectivity index (χ0v) is 26.9. The molecule has 0 aliphatic heterocycles. The molecule has 0 atom stereocenters. The van der Waals surface area contributed by atoms with Crippen LogP contribution in [0.15, 0.2) is 151 Å². The monoisotopic (exact) mass is 643 g/mol. The number of benzene rings is 6. The maximum atomic E-state index is 5.08. The minimum atomic E-state index is 0.596. The van der Waals surface area contributed by atoms with Gasteiger partial charge in [-0.2, -0.15) is 9.97 Å². The highest BCUT2D eigenvalue weighted by Gasteiger charge is 2.20. The standard InChI is InChI=1S/C43H25N5S/c1-3-10-26(11-4-1)40-44-41(27-12-5-2-6-13-27)46-43(45-40)47-36-17-8-7-14-30(36)34-24-28(18-20-37(34)47)29-19-21-38-35(25-29)32-16-9-15-31-33-22-23-49-42(33)48(38)39(31)32/h1-25H. The first-order chi connectivity index (χ1) is 24.3. The molecule has 0 fully saturated rings. The molecular formula is C43H25N5S. The van der Waals surface area contributed by atoms with Gasteiger partial charge in [0.25, 0.3) is 0 Å². The molecule has 0 radical (unpaired) electrons. The van der Waals surface area contributed by atoms with Crippen LogP contribution in [0.25, 0.3) is 99.1 Å². The van der Waals surface area contributed by atoms with Gasteiger partial charge in [0.1, 0.15) is 4.83 Å². The molecule has 0 amide bonds. The first-order valence-corrected chi connectivity index (χ1v) is 17.2. The normalized spacial score (nSPS) is 12.1. The summed E-state index contributed by atoms with van der Waals surface area (Å²) in [4.78, 5) is 16.4. The zero-order chi connectivity index (χ0) is 32.1. The predicted molar refractivity (Wildman–Crippen MR) is 203 cm³/mol. The highest BCUT2D eigenvalue weighted by Crippen LogP contribution is 2.42. The molecule has 6 aromatic carbocycles. The second-order valence-corrected chi connectivity index (χ2v) is 13.4. The number of hydrogen-bond donors (Lipinski definition) is 0. The van der Waals surface area contributed by atoms with Gasteiger partial charge in [-0.05, 0) is 52.9 Å². The molecular weight excluding hydrogens is 619 g/mol. The Morgan fingerprint density at radius 2 is 0.980 bits per heavy atom. The lowest BCUT2D eigenvalue weighted by Crippen LogP contribution is -2.06. The summed E-state index contributed by atoms with van der Waals surface area (Å²) < 4.78 is 4.63. The van der Waals surface area contributed by atoms with Gasteiger partial charge in [-0.15, -0.1) is 11.3 Å². The fourth-order valence-electron chi connectivity index (χ4n) is 7.62. The van der Waals surface area contributed by atoms with Crippen LogP contribution < -0.4 is 0 Å². The Labute approximate surface area is 284 Å². The van der Waals surface area contributed by atoms with Crippen molar-refractivity contribution in [3.8, 4) is 39.9 Å². The number of aromatic nitrogens is 5. The lowest BCUT2D eigenvalue weighted by Gasteiger charge is -2.11. The summed E-state index contributed by atoms with van der Waals surface area (Å²) in [7, 11) is 0. The van der Waals surface area contributed by atoms with Gasteiger partial charge in [0.2, 0.25) is 5.95 Å². The quantitative estimate of drug-likeness (QED) is 0.192. The topological polar surface area (TPSA) is 48.0 Å². The Hall–Kier alpha value is -6.37. The van der Waals surface area contributed by atoms with Gasteiger partial charge in [0, 0.05) is 43.4 Å². The third kappa shape index (κ3) is 3.83. The number of nitrogens with zero attached hydrogens (tertiary/aromatic N) is 5. The van der Waals surface area contributed by atoms with Gasteiger partial charge in [0.05, 0.1) is 22.1 Å². The van der Waals surface area contributed by atoms with Crippen LogP contribution in [0.3, 0.4) is 0 Å². The Morgan fingerprint density at radius 3 is 1.69 bits per heavy atom. The van der Waals surface area contributed by atoms with Crippen molar-refractivity contribution in [3.63, 3.8) is 0 Å². The summed E-state index contributed by atoms with van der Waals surface area (Å²) in [6.45, 7) is 0. The summed E-state index contributed by atoms with van der Waals surface area (Å²) in [5.74, 6) is 1.88. The Kier molecular flexibility index (Phi) is 5.48. The molecule has 11 aromatic rings. The van der Waals surface area contributed by atoms with Gasteiger partial charge in [-0.25, -0.2) is 4.98 Å². The van der Waals surface area contributed by atoms with E-state index in [0.29, 0.717) is 17.6 Å². The maximum Gasteiger partial charge on any atom is 0.238 e. The van der Waals surface area contributed by atoms with Crippen molar-refractivity contribution in [2.45, 2.75) is 0 Å². The van der Waals surface area contributed by atoms with Crippen LogP contribution in [-0.4, -0.2) is 23.9 Å². The summed E-state index contributed by atoms with van der Waals surface area (Å²) in [5, 5.41) is 9.75. The van der Waals surface area contributed by atoms with Crippen molar-refractivity contribution >= 4 is 70.6 Å².